The molecule has 1 saturated heterocycles. The van der Waals surface area contributed by atoms with Crippen LogP contribution in [0.3, 0.4) is 0 Å². The molecule has 142 valence electrons. The highest BCUT2D eigenvalue weighted by Crippen LogP contribution is 2.28. The van der Waals surface area contributed by atoms with Crippen LogP contribution >= 0.6 is 0 Å². The van der Waals surface area contributed by atoms with Crippen molar-refractivity contribution >= 4 is 44.6 Å². The van der Waals surface area contributed by atoms with E-state index in [2.05, 4.69) is 8.37 Å². The second-order valence-corrected chi connectivity index (χ2v) is 6.42. The van der Waals surface area contributed by atoms with Gasteiger partial charge in [0, 0.05) is 12.8 Å². The first-order valence-corrected chi connectivity index (χ1v) is 8.51. The molecule has 2 atom stereocenters. The number of likely N-dealkylation sites (tertiary alicyclic amines) is 1. The van der Waals surface area contributed by atoms with Crippen molar-refractivity contribution in [2.45, 2.75) is 24.7 Å². The van der Waals surface area contributed by atoms with Crippen molar-refractivity contribution in [3.63, 3.8) is 0 Å². The molecular weight excluding hydrogens is 398 g/mol. The Morgan fingerprint density at radius 1 is 1.00 bits per heavy atom. The van der Waals surface area contributed by atoms with Crippen molar-refractivity contribution in [2.75, 3.05) is 0 Å². The average molecular weight is 407 g/mol. The molecule has 2 unspecified atom stereocenters. The van der Waals surface area contributed by atoms with Gasteiger partial charge in [0.05, 0.1) is 0 Å². The number of hydrogen-bond acceptors (Lipinski definition) is 12. The van der Waals surface area contributed by atoms with Crippen molar-refractivity contribution in [3.8, 4) is 0 Å². The van der Waals surface area contributed by atoms with Crippen LogP contribution in [0.25, 0.3) is 0 Å². The lowest BCUT2D eigenvalue weighted by molar-refractivity contribution is -0.211. The molecule has 1 rings (SSSR count). The molecule has 1 heterocycles. The third kappa shape index (κ3) is 4.67. The standard InChI is InChI=1S/C8H9NO14S2/c10-3-1-2-4(11)9(3)8(15,7(14)23-25(19,20)21)5(12)6(13)22-24(16,17)18/h5,12,15H,1-2H2,(H,16,17,18)(H,19,20,21). The zero-order chi connectivity index (χ0) is 19.8. The zero-order valence-electron chi connectivity index (χ0n) is 11.6. The summed E-state index contributed by atoms with van der Waals surface area (Å²) in [6.07, 6.45) is -4.71. The second-order valence-electron chi connectivity index (χ2n) is 4.38. The van der Waals surface area contributed by atoms with E-state index in [4.69, 9.17) is 9.11 Å². The Kier molecular flexibility index (Phi) is 5.52. The van der Waals surface area contributed by atoms with E-state index < -0.39 is 74.1 Å². The minimum atomic E-state index is -5.66. The number of nitrogens with zero attached hydrogens (tertiary/aromatic N) is 1. The quantitative estimate of drug-likeness (QED) is 0.241. The lowest BCUT2D eigenvalue weighted by Gasteiger charge is -2.34. The molecule has 0 spiro atoms. The van der Waals surface area contributed by atoms with E-state index in [1.54, 1.807) is 0 Å². The van der Waals surface area contributed by atoms with Crippen LogP contribution in [0.1, 0.15) is 12.8 Å². The van der Waals surface area contributed by atoms with Gasteiger partial charge in [-0.05, 0) is 0 Å². The minimum absolute atomic E-state index is 0.476. The van der Waals surface area contributed by atoms with Crippen molar-refractivity contribution < 1.29 is 63.7 Å². The summed E-state index contributed by atoms with van der Waals surface area (Å²) in [5.74, 6) is -7.87. The number of hydrogen-bond donors (Lipinski definition) is 4. The number of aliphatic hydroxyl groups is 2. The predicted octanol–water partition coefficient (Wildman–Crippen LogP) is -4.12. The number of imide groups is 1. The summed E-state index contributed by atoms with van der Waals surface area (Å²) in [6, 6.07) is 0. The van der Waals surface area contributed by atoms with Gasteiger partial charge in [-0.25, -0.2) is 14.5 Å². The molecule has 15 nitrogen and oxygen atoms in total. The van der Waals surface area contributed by atoms with Crippen molar-refractivity contribution in [3.05, 3.63) is 0 Å². The number of rotatable bonds is 6. The van der Waals surface area contributed by atoms with E-state index in [1.165, 1.54) is 0 Å². The third-order valence-corrected chi connectivity index (χ3v) is 3.40. The number of aliphatic hydroxyl groups excluding tert-OH is 1. The molecule has 1 fully saturated rings. The van der Waals surface area contributed by atoms with Gasteiger partial charge < -0.3 is 18.6 Å². The van der Waals surface area contributed by atoms with E-state index in [1.807, 2.05) is 0 Å². The number of carbonyl (C=O) groups is 4. The van der Waals surface area contributed by atoms with Gasteiger partial charge >= 0.3 is 32.7 Å². The molecule has 1 aliphatic heterocycles. The summed E-state index contributed by atoms with van der Waals surface area (Å²) in [4.78, 5) is 45.9. The molecule has 17 heteroatoms. The van der Waals surface area contributed by atoms with Crippen molar-refractivity contribution in [1.82, 2.24) is 4.90 Å². The molecule has 0 aromatic heterocycles. The molecule has 2 amide bonds. The summed E-state index contributed by atoms with van der Waals surface area (Å²) in [5.41, 5.74) is -4.12. The van der Waals surface area contributed by atoms with E-state index in [0.29, 0.717) is 0 Å². The maximum atomic E-state index is 11.7. The Morgan fingerprint density at radius 3 is 1.76 bits per heavy atom. The highest BCUT2D eigenvalue weighted by Gasteiger charge is 2.61. The largest absolute Gasteiger partial charge is 0.449 e. The Hall–Kier alpha value is -2.18. The van der Waals surface area contributed by atoms with Gasteiger partial charge in [0.15, 0.2) is 0 Å². The molecule has 4 N–H and O–H groups in total. The Labute approximate surface area is 138 Å². The van der Waals surface area contributed by atoms with Crippen molar-refractivity contribution in [1.29, 1.82) is 0 Å². The molecule has 0 aliphatic carbocycles. The molecular formula is C8H9NO14S2. The van der Waals surface area contributed by atoms with Crippen LogP contribution < -0.4 is 0 Å². The van der Waals surface area contributed by atoms with Gasteiger partial charge in [-0.3, -0.25) is 18.7 Å². The summed E-state index contributed by atoms with van der Waals surface area (Å²) in [5, 5.41) is 19.8. The van der Waals surface area contributed by atoms with Crippen LogP contribution in [0.4, 0.5) is 0 Å². The lowest BCUT2D eigenvalue weighted by Crippen LogP contribution is -2.66. The Balaban J connectivity index is 3.41. The first kappa shape index (κ1) is 20.9. The SMILES string of the molecule is O=C(OS(=O)(=O)O)C(O)C(O)(C(=O)OS(=O)(=O)O)N1C(=O)CCC1=O. The Bertz CT molecular complexity index is 811. The van der Waals surface area contributed by atoms with Gasteiger partial charge in [0.25, 0.3) is 5.72 Å². The van der Waals surface area contributed by atoms with Gasteiger partial charge in [0.1, 0.15) is 0 Å². The maximum absolute atomic E-state index is 11.7. The average Bonchev–Trinajstić information content (AvgIpc) is 2.73. The van der Waals surface area contributed by atoms with Gasteiger partial charge in [-0.1, -0.05) is 0 Å². The lowest BCUT2D eigenvalue weighted by atomic mass is 10.1. The number of amides is 2. The summed E-state index contributed by atoms with van der Waals surface area (Å²) >= 11 is 0. The molecule has 0 bridgehead atoms. The molecule has 25 heavy (non-hydrogen) atoms. The number of carbonyl (C=O) groups excluding carboxylic acids is 4. The molecule has 0 radical (unpaired) electrons. The van der Waals surface area contributed by atoms with Gasteiger partial charge in [-0.2, -0.15) is 16.8 Å². The first-order chi connectivity index (χ1) is 11.1. The molecule has 0 saturated carbocycles. The van der Waals surface area contributed by atoms with Gasteiger partial charge in [-0.15, -0.1) is 0 Å². The summed E-state index contributed by atoms with van der Waals surface area (Å²) < 4.78 is 65.4. The second kappa shape index (κ2) is 6.61. The first-order valence-electron chi connectivity index (χ1n) is 5.78. The highest BCUT2D eigenvalue weighted by molar-refractivity contribution is 7.81. The van der Waals surface area contributed by atoms with E-state index in [0.717, 1.165) is 0 Å². The van der Waals surface area contributed by atoms with Crippen LogP contribution in [0.5, 0.6) is 0 Å². The fraction of sp³-hybridized carbons (Fsp3) is 0.500. The predicted molar refractivity (Wildman–Crippen MR) is 67.3 cm³/mol. The van der Waals surface area contributed by atoms with E-state index >= 15 is 0 Å². The summed E-state index contributed by atoms with van der Waals surface area (Å²) in [7, 11) is -11.2. The van der Waals surface area contributed by atoms with Crippen LogP contribution in [-0.2, 0) is 48.3 Å². The monoisotopic (exact) mass is 407 g/mol. The smallest absolute Gasteiger partial charge is 0.377 e. The van der Waals surface area contributed by atoms with Crippen molar-refractivity contribution in [2.24, 2.45) is 0 Å². The fourth-order valence-electron chi connectivity index (χ4n) is 1.75. The maximum Gasteiger partial charge on any atom is 0.449 e. The fourth-order valence-corrected chi connectivity index (χ4v) is 2.37. The van der Waals surface area contributed by atoms with Crippen LogP contribution in [-0.4, -0.2) is 76.6 Å². The highest BCUT2D eigenvalue weighted by atomic mass is 32.3. The molecule has 0 aromatic rings. The molecule has 1 aliphatic rings. The third-order valence-electron chi connectivity index (χ3n) is 2.67. The normalized spacial score (nSPS) is 19.3. The van der Waals surface area contributed by atoms with Crippen LogP contribution in [0.2, 0.25) is 0 Å². The Morgan fingerprint density at radius 2 is 1.40 bits per heavy atom. The van der Waals surface area contributed by atoms with Gasteiger partial charge in [0.2, 0.25) is 17.9 Å². The van der Waals surface area contributed by atoms with Crippen LogP contribution in [0.15, 0.2) is 0 Å². The topological polar surface area (TPSA) is 239 Å². The molecule has 0 aromatic carbocycles. The van der Waals surface area contributed by atoms with E-state index in [9.17, 15) is 46.2 Å². The summed E-state index contributed by atoms with van der Waals surface area (Å²) in [6.45, 7) is 0. The zero-order valence-corrected chi connectivity index (χ0v) is 13.3. The van der Waals surface area contributed by atoms with E-state index in [-0.39, 0.29) is 0 Å². The van der Waals surface area contributed by atoms with Crippen LogP contribution in [0, 0.1) is 0 Å². The minimum Gasteiger partial charge on any atom is -0.377 e.